The molecule has 3 nitrogen and oxygen atoms in total. The second-order valence-electron chi connectivity index (χ2n) is 4.63. The first-order chi connectivity index (χ1) is 10.1. The summed E-state index contributed by atoms with van der Waals surface area (Å²) in [7, 11) is 0. The summed E-state index contributed by atoms with van der Waals surface area (Å²) in [6.07, 6.45) is 1.64. The van der Waals surface area contributed by atoms with E-state index < -0.39 is 17.4 Å². The van der Waals surface area contributed by atoms with Gasteiger partial charge in [0.15, 0.2) is 17.2 Å². The molecule has 3 rings (SSSR count). The third-order valence-electron chi connectivity index (χ3n) is 3.25. The Hall–Kier alpha value is -2.69. The number of hydrogen-bond donors (Lipinski definition) is 0. The average Bonchev–Trinajstić information content (AvgIpc) is 2.78. The summed E-state index contributed by atoms with van der Waals surface area (Å²) in [4.78, 5) is 11.9. The van der Waals surface area contributed by atoms with Gasteiger partial charge in [-0.05, 0) is 35.4 Å². The van der Waals surface area contributed by atoms with Crippen molar-refractivity contribution in [2.24, 2.45) is 0 Å². The van der Waals surface area contributed by atoms with Crippen molar-refractivity contribution in [2.75, 3.05) is 0 Å². The predicted molar refractivity (Wildman–Crippen MR) is 76.0 cm³/mol. The Bertz CT molecular complexity index is 893. The van der Waals surface area contributed by atoms with E-state index in [1.807, 2.05) is 0 Å². The minimum atomic E-state index is -0.942. The zero-order valence-electron chi connectivity index (χ0n) is 11.0. The number of halogens is 2. The standard InChI is InChI=1S/C16H11F2NO2/c1-2-10-4-6-14-15(8-10)21-16(20)19(14)9-11-3-5-12(17)13(18)7-11/h2-8H,1,9H2. The van der Waals surface area contributed by atoms with Gasteiger partial charge in [0.2, 0.25) is 0 Å². The molecule has 0 saturated carbocycles. The molecule has 5 heteroatoms. The van der Waals surface area contributed by atoms with Crippen molar-refractivity contribution in [1.82, 2.24) is 4.57 Å². The van der Waals surface area contributed by atoms with E-state index in [-0.39, 0.29) is 6.54 Å². The Balaban J connectivity index is 2.07. The van der Waals surface area contributed by atoms with Crippen molar-refractivity contribution in [1.29, 1.82) is 0 Å². The van der Waals surface area contributed by atoms with Crippen LogP contribution in [0.15, 0.2) is 52.2 Å². The smallest absolute Gasteiger partial charge is 0.408 e. The normalized spacial score (nSPS) is 11.0. The summed E-state index contributed by atoms with van der Waals surface area (Å²) in [6.45, 7) is 3.76. The molecule has 0 fully saturated rings. The number of oxazole rings is 1. The Morgan fingerprint density at radius 3 is 2.67 bits per heavy atom. The maximum atomic E-state index is 13.2. The van der Waals surface area contributed by atoms with Crippen LogP contribution in [0.3, 0.4) is 0 Å². The number of rotatable bonds is 3. The second kappa shape index (κ2) is 5.01. The van der Waals surface area contributed by atoms with Gasteiger partial charge in [0, 0.05) is 0 Å². The van der Waals surface area contributed by atoms with Gasteiger partial charge < -0.3 is 4.42 Å². The molecule has 0 bridgehead atoms. The highest BCUT2D eigenvalue weighted by molar-refractivity contribution is 5.76. The van der Waals surface area contributed by atoms with Crippen LogP contribution in [0.5, 0.6) is 0 Å². The molecular formula is C16H11F2NO2. The predicted octanol–water partition coefficient (Wildman–Crippen LogP) is 3.56. The van der Waals surface area contributed by atoms with Crippen molar-refractivity contribution in [3.05, 3.63) is 76.3 Å². The van der Waals surface area contributed by atoms with Gasteiger partial charge in [-0.25, -0.2) is 13.6 Å². The van der Waals surface area contributed by atoms with Crippen LogP contribution in [-0.2, 0) is 6.54 Å². The van der Waals surface area contributed by atoms with Gasteiger partial charge in [0.05, 0.1) is 12.1 Å². The summed E-state index contributed by atoms with van der Waals surface area (Å²) in [6, 6.07) is 8.77. The SMILES string of the molecule is C=Cc1ccc2c(c1)oc(=O)n2Cc1ccc(F)c(F)c1. The van der Waals surface area contributed by atoms with Gasteiger partial charge in [-0.1, -0.05) is 24.8 Å². The molecule has 0 N–H and O–H groups in total. The molecule has 2 aromatic carbocycles. The molecule has 0 aliphatic rings. The number of aromatic nitrogens is 1. The van der Waals surface area contributed by atoms with E-state index in [9.17, 15) is 13.6 Å². The Morgan fingerprint density at radius 1 is 1.14 bits per heavy atom. The molecule has 1 aromatic heterocycles. The maximum absolute atomic E-state index is 13.2. The summed E-state index contributed by atoms with van der Waals surface area (Å²) in [5.74, 6) is -2.41. The van der Waals surface area contributed by atoms with Crippen LogP contribution in [0.2, 0.25) is 0 Å². The molecule has 106 valence electrons. The third kappa shape index (κ3) is 2.38. The summed E-state index contributed by atoms with van der Waals surface area (Å²) < 4.78 is 32.7. The highest BCUT2D eigenvalue weighted by Crippen LogP contribution is 2.17. The molecular weight excluding hydrogens is 276 g/mol. The Labute approximate surface area is 118 Å². The van der Waals surface area contributed by atoms with E-state index in [1.165, 1.54) is 10.6 Å². The maximum Gasteiger partial charge on any atom is 0.420 e. The van der Waals surface area contributed by atoms with Crippen LogP contribution in [0.1, 0.15) is 11.1 Å². The van der Waals surface area contributed by atoms with Gasteiger partial charge in [0.1, 0.15) is 0 Å². The first kappa shape index (κ1) is 13.3. The molecule has 21 heavy (non-hydrogen) atoms. The first-order valence-corrected chi connectivity index (χ1v) is 6.28. The fourth-order valence-electron chi connectivity index (χ4n) is 2.18. The molecule has 0 unspecified atom stereocenters. The summed E-state index contributed by atoms with van der Waals surface area (Å²) in [5.41, 5.74) is 2.33. The van der Waals surface area contributed by atoms with Crippen LogP contribution in [0, 0.1) is 11.6 Å². The van der Waals surface area contributed by atoms with E-state index in [2.05, 4.69) is 6.58 Å². The number of hydrogen-bond acceptors (Lipinski definition) is 2. The minimum Gasteiger partial charge on any atom is -0.408 e. The summed E-state index contributed by atoms with van der Waals surface area (Å²) in [5, 5.41) is 0. The molecule has 1 heterocycles. The number of fused-ring (bicyclic) bond motifs is 1. The van der Waals surface area contributed by atoms with Crippen molar-refractivity contribution in [3.63, 3.8) is 0 Å². The highest BCUT2D eigenvalue weighted by Gasteiger charge is 2.11. The van der Waals surface area contributed by atoms with Crippen LogP contribution in [0.25, 0.3) is 17.2 Å². The van der Waals surface area contributed by atoms with Crippen molar-refractivity contribution >= 4 is 17.2 Å². The monoisotopic (exact) mass is 287 g/mol. The number of benzene rings is 2. The third-order valence-corrected chi connectivity index (χ3v) is 3.25. The van der Waals surface area contributed by atoms with E-state index in [0.29, 0.717) is 16.7 Å². The van der Waals surface area contributed by atoms with E-state index in [4.69, 9.17) is 4.42 Å². The number of nitrogens with zero attached hydrogens (tertiary/aromatic N) is 1. The van der Waals surface area contributed by atoms with Gasteiger partial charge in [-0.3, -0.25) is 4.57 Å². The average molecular weight is 287 g/mol. The molecule has 0 saturated heterocycles. The van der Waals surface area contributed by atoms with E-state index in [0.717, 1.165) is 17.7 Å². The minimum absolute atomic E-state index is 0.108. The van der Waals surface area contributed by atoms with Crippen LogP contribution in [-0.4, -0.2) is 4.57 Å². The van der Waals surface area contributed by atoms with Crippen LogP contribution < -0.4 is 5.76 Å². The van der Waals surface area contributed by atoms with Gasteiger partial charge in [0.25, 0.3) is 0 Å². The lowest BCUT2D eigenvalue weighted by Gasteiger charge is -2.03. The zero-order chi connectivity index (χ0) is 15.0. The molecule has 0 atom stereocenters. The molecule has 0 amide bonds. The second-order valence-corrected chi connectivity index (χ2v) is 4.63. The lowest BCUT2D eigenvalue weighted by Crippen LogP contribution is -2.15. The van der Waals surface area contributed by atoms with Crippen molar-refractivity contribution in [2.45, 2.75) is 6.54 Å². The van der Waals surface area contributed by atoms with Crippen LogP contribution >= 0.6 is 0 Å². The quantitative estimate of drug-likeness (QED) is 0.738. The van der Waals surface area contributed by atoms with Crippen molar-refractivity contribution < 1.29 is 13.2 Å². The van der Waals surface area contributed by atoms with E-state index >= 15 is 0 Å². The molecule has 0 aliphatic carbocycles. The molecule has 0 aliphatic heterocycles. The fourth-order valence-corrected chi connectivity index (χ4v) is 2.18. The molecule has 0 spiro atoms. The topological polar surface area (TPSA) is 35.1 Å². The highest BCUT2D eigenvalue weighted by atomic mass is 19.2. The lowest BCUT2D eigenvalue weighted by atomic mass is 10.2. The van der Waals surface area contributed by atoms with Crippen molar-refractivity contribution in [3.8, 4) is 0 Å². The van der Waals surface area contributed by atoms with Gasteiger partial charge in [-0.2, -0.15) is 0 Å². The zero-order valence-corrected chi connectivity index (χ0v) is 11.0. The Kier molecular flexibility index (Phi) is 3.17. The Morgan fingerprint density at radius 2 is 1.95 bits per heavy atom. The lowest BCUT2D eigenvalue weighted by molar-refractivity contribution is 0.502. The molecule has 3 aromatic rings. The summed E-state index contributed by atoms with van der Waals surface area (Å²) >= 11 is 0. The van der Waals surface area contributed by atoms with Gasteiger partial charge >= 0.3 is 5.76 Å². The molecule has 0 radical (unpaired) electrons. The van der Waals surface area contributed by atoms with Crippen LogP contribution in [0.4, 0.5) is 8.78 Å². The first-order valence-electron chi connectivity index (χ1n) is 6.28. The fraction of sp³-hybridized carbons (Fsp3) is 0.0625. The van der Waals surface area contributed by atoms with E-state index in [1.54, 1.807) is 24.3 Å². The largest absolute Gasteiger partial charge is 0.420 e. The van der Waals surface area contributed by atoms with Gasteiger partial charge in [-0.15, -0.1) is 0 Å².